The quantitative estimate of drug-likeness (QED) is 0.757. The summed E-state index contributed by atoms with van der Waals surface area (Å²) < 4.78 is 1.83. The smallest absolute Gasteiger partial charge is 0.259 e. The zero-order chi connectivity index (χ0) is 20.0. The van der Waals surface area contributed by atoms with Crippen molar-refractivity contribution in [2.75, 3.05) is 5.32 Å². The fourth-order valence-electron chi connectivity index (χ4n) is 3.46. The molecular weight excluding hydrogens is 354 g/mol. The molecule has 0 unspecified atom stereocenters. The number of fused-ring (bicyclic) bond motifs is 2. The number of rotatable bonds is 4. The highest BCUT2D eigenvalue weighted by molar-refractivity contribution is 6.12. The van der Waals surface area contributed by atoms with Crippen LogP contribution in [0.2, 0.25) is 0 Å². The molecule has 3 aromatic rings. The molecule has 1 atom stereocenters. The van der Waals surface area contributed by atoms with Crippen molar-refractivity contribution in [2.24, 2.45) is 0 Å². The summed E-state index contributed by atoms with van der Waals surface area (Å²) in [5.74, 6) is -0.519. The lowest BCUT2D eigenvalue weighted by Gasteiger charge is -2.24. The summed E-state index contributed by atoms with van der Waals surface area (Å²) in [6.45, 7) is 9.75. The summed E-state index contributed by atoms with van der Waals surface area (Å²) in [6.07, 6.45) is 3.33. The normalized spacial score (nSPS) is 14.6. The first-order valence-corrected chi connectivity index (χ1v) is 9.14. The van der Waals surface area contributed by atoms with Gasteiger partial charge < -0.3 is 5.32 Å². The van der Waals surface area contributed by atoms with Gasteiger partial charge in [0.05, 0.1) is 18.1 Å². The van der Waals surface area contributed by atoms with Crippen LogP contribution in [0.3, 0.4) is 0 Å². The Morgan fingerprint density at radius 1 is 1.14 bits per heavy atom. The van der Waals surface area contributed by atoms with Gasteiger partial charge in [0.15, 0.2) is 5.65 Å². The van der Waals surface area contributed by atoms with Crippen molar-refractivity contribution in [3.05, 3.63) is 60.4 Å². The number of carbonyl (C=O) groups is 2. The molecule has 3 heterocycles. The molecule has 1 aromatic carbocycles. The standard InChI is InChI=1S/C21H21N5O2/c1-12(2)26-19-15(10-23-26)9-16(11-22-19)24-20(27)14(4)25-13(3)17-7-5-6-8-18(17)21(25)28/h5-12,14H,3H2,1-2,4H3,(H,24,27)/t14-/m1/s1. The Labute approximate surface area is 162 Å². The Balaban J connectivity index is 1.55. The molecule has 7 heteroatoms. The molecule has 1 aliphatic rings. The number of aromatic nitrogens is 3. The van der Waals surface area contributed by atoms with E-state index in [-0.39, 0.29) is 17.9 Å². The molecule has 4 rings (SSSR count). The van der Waals surface area contributed by atoms with Crippen molar-refractivity contribution in [3.8, 4) is 0 Å². The molecule has 0 saturated carbocycles. The Morgan fingerprint density at radius 2 is 1.86 bits per heavy atom. The van der Waals surface area contributed by atoms with Gasteiger partial charge in [0.1, 0.15) is 6.04 Å². The average Bonchev–Trinajstić information content (AvgIpc) is 3.21. The summed E-state index contributed by atoms with van der Waals surface area (Å²) in [5.41, 5.74) is 3.18. The third-order valence-corrected chi connectivity index (χ3v) is 4.93. The molecule has 142 valence electrons. The molecule has 0 fully saturated rings. The van der Waals surface area contributed by atoms with Crippen LogP contribution in [0.1, 0.15) is 42.7 Å². The van der Waals surface area contributed by atoms with Gasteiger partial charge in [0.2, 0.25) is 5.91 Å². The van der Waals surface area contributed by atoms with Gasteiger partial charge in [0, 0.05) is 28.3 Å². The van der Waals surface area contributed by atoms with Crippen LogP contribution in [-0.2, 0) is 4.79 Å². The lowest BCUT2D eigenvalue weighted by Crippen LogP contribution is -2.41. The van der Waals surface area contributed by atoms with E-state index in [4.69, 9.17) is 0 Å². The minimum atomic E-state index is -0.707. The van der Waals surface area contributed by atoms with Crippen molar-refractivity contribution in [1.29, 1.82) is 0 Å². The van der Waals surface area contributed by atoms with Gasteiger partial charge in [-0.2, -0.15) is 5.10 Å². The molecule has 0 saturated heterocycles. The predicted molar refractivity (Wildman–Crippen MR) is 108 cm³/mol. The number of hydrogen-bond acceptors (Lipinski definition) is 4. The molecule has 7 nitrogen and oxygen atoms in total. The number of benzene rings is 1. The molecule has 1 aliphatic heterocycles. The van der Waals surface area contributed by atoms with Gasteiger partial charge in [-0.05, 0) is 32.9 Å². The first-order chi connectivity index (χ1) is 13.4. The highest BCUT2D eigenvalue weighted by Gasteiger charge is 2.36. The van der Waals surface area contributed by atoms with Crippen LogP contribution < -0.4 is 5.32 Å². The van der Waals surface area contributed by atoms with Crippen molar-refractivity contribution in [2.45, 2.75) is 32.9 Å². The van der Waals surface area contributed by atoms with E-state index in [1.54, 1.807) is 31.5 Å². The van der Waals surface area contributed by atoms with Crippen molar-refractivity contribution in [1.82, 2.24) is 19.7 Å². The van der Waals surface area contributed by atoms with E-state index < -0.39 is 6.04 Å². The van der Waals surface area contributed by atoms with Gasteiger partial charge in [-0.25, -0.2) is 9.67 Å². The van der Waals surface area contributed by atoms with Crippen LogP contribution in [0.5, 0.6) is 0 Å². The highest BCUT2D eigenvalue weighted by atomic mass is 16.2. The first-order valence-electron chi connectivity index (χ1n) is 9.14. The molecule has 28 heavy (non-hydrogen) atoms. The van der Waals surface area contributed by atoms with Crippen LogP contribution in [0.15, 0.2) is 49.3 Å². The van der Waals surface area contributed by atoms with Crippen molar-refractivity contribution >= 4 is 34.2 Å². The largest absolute Gasteiger partial charge is 0.323 e. The summed E-state index contributed by atoms with van der Waals surface area (Å²) in [4.78, 5) is 31.4. The van der Waals surface area contributed by atoms with E-state index in [1.807, 2.05) is 36.7 Å². The van der Waals surface area contributed by atoms with E-state index in [0.29, 0.717) is 16.9 Å². The van der Waals surface area contributed by atoms with Gasteiger partial charge >= 0.3 is 0 Å². The number of carbonyl (C=O) groups excluding carboxylic acids is 2. The van der Waals surface area contributed by atoms with Crippen LogP contribution in [0, 0.1) is 0 Å². The molecular formula is C21H21N5O2. The minimum absolute atomic E-state index is 0.194. The van der Waals surface area contributed by atoms with Crippen molar-refractivity contribution in [3.63, 3.8) is 0 Å². The molecule has 1 N–H and O–H groups in total. The number of anilines is 1. The van der Waals surface area contributed by atoms with Gasteiger partial charge in [-0.3, -0.25) is 14.5 Å². The van der Waals surface area contributed by atoms with E-state index in [0.717, 1.165) is 16.6 Å². The van der Waals surface area contributed by atoms with Crippen LogP contribution >= 0.6 is 0 Å². The summed E-state index contributed by atoms with van der Waals surface area (Å²) >= 11 is 0. The first kappa shape index (κ1) is 17.9. The lowest BCUT2D eigenvalue weighted by molar-refractivity contribution is -0.119. The second-order valence-corrected chi connectivity index (χ2v) is 7.15. The molecule has 0 bridgehead atoms. The molecule has 0 aliphatic carbocycles. The van der Waals surface area contributed by atoms with E-state index >= 15 is 0 Å². The maximum atomic E-state index is 12.8. The Bertz CT molecular complexity index is 1080. The second-order valence-electron chi connectivity index (χ2n) is 7.15. The minimum Gasteiger partial charge on any atom is -0.323 e. The number of pyridine rings is 1. The maximum Gasteiger partial charge on any atom is 0.259 e. The molecule has 2 amide bonds. The van der Waals surface area contributed by atoms with Gasteiger partial charge in [-0.1, -0.05) is 24.8 Å². The van der Waals surface area contributed by atoms with Crippen LogP contribution in [0.25, 0.3) is 16.7 Å². The third-order valence-electron chi connectivity index (χ3n) is 4.93. The van der Waals surface area contributed by atoms with Gasteiger partial charge in [-0.15, -0.1) is 0 Å². The van der Waals surface area contributed by atoms with E-state index in [1.165, 1.54) is 4.90 Å². The molecule has 2 aromatic heterocycles. The summed E-state index contributed by atoms with van der Waals surface area (Å²) in [7, 11) is 0. The maximum absolute atomic E-state index is 12.8. The Morgan fingerprint density at radius 3 is 2.54 bits per heavy atom. The average molecular weight is 375 g/mol. The highest BCUT2D eigenvalue weighted by Crippen LogP contribution is 2.33. The van der Waals surface area contributed by atoms with E-state index in [2.05, 4.69) is 22.0 Å². The predicted octanol–water partition coefficient (Wildman–Crippen LogP) is 3.47. The van der Waals surface area contributed by atoms with Crippen LogP contribution in [-0.4, -0.2) is 37.5 Å². The number of hydrogen-bond donors (Lipinski definition) is 1. The second kappa shape index (κ2) is 6.60. The van der Waals surface area contributed by atoms with E-state index in [9.17, 15) is 9.59 Å². The molecule has 0 spiro atoms. The molecule has 0 radical (unpaired) electrons. The van der Waals surface area contributed by atoms with Crippen LogP contribution in [0.4, 0.5) is 5.69 Å². The lowest BCUT2D eigenvalue weighted by atomic mass is 10.1. The Kier molecular flexibility index (Phi) is 4.22. The third kappa shape index (κ3) is 2.76. The Hall–Kier alpha value is -3.48. The monoisotopic (exact) mass is 375 g/mol. The summed E-state index contributed by atoms with van der Waals surface area (Å²) in [6, 6.07) is 8.55. The fraction of sp³-hybridized carbons (Fsp3) is 0.238. The number of nitrogens with one attached hydrogen (secondary N) is 1. The van der Waals surface area contributed by atoms with Gasteiger partial charge in [0.25, 0.3) is 5.91 Å². The number of amides is 2. The fourth-order valence-corrected chi connectivity index (χ4v) is 3.46. The zero-order valence-corrected chi connectivity index (χ0v) is 16.0. The summed E-state index contributed by atoms with van der Waals surface area (Å²) in [5, 5.41) is 8.02. The van der Waals surface area contributed by atoms with Crippen molar-refractivity contribution < 1.29 is 9.59 Å². The number of nitrogens with zero attached hydrogens (tertiary/aromatic N) is 4. The zero-order valence-electron chi connectivity index (χ0n) is 16.0. The topological polar surface area (TPSA) is 80.1 Å². The SMILES string of the molecule is C=C1c2ccccc2C(=O)N1[C@H](C)C(=O)Nc1cnc2c(cnn2C(C)C)c1.